The molecule has 0 radical (unpaired) electrons. The largest absolute Gasteiger partial charge is 0.490 e. The number of carbonyl (C=O) groups excluding carboxylic acids is 1. The number of amides is 1. The number of hydrogen-bond donors (Lipinski definition) is 0. The fourth-order valence-corrected chi connectivity index (χ4v) is 4.22. The van der Waals surface area contributed by atoms with E-state index in [9.17, 15) is 4.79 Å². The van der Waals surface area contributed by atoms with Crippen molar-refractivity contribution in [3.63, 3.8) is 0 Å². The van der Waals surface area contributed by atoms with Crippen LogP contribution < -0.4 is 19.1 Å². The van der Waals surface area contributed by atoms with Crippen LogP contribution >= 0.6 is 0 Å². The SMILES string of the molecule is CC1=C[C@H](COc2ccc3c(c2)OCO3)O[C@]2(C1)C(=O)N(C)c1ccccc12. The van der Waals surface area contributed by atoms with E-state index >= 15 is 0 Å². The summed E-state index contributed by atoms with van der Waals surface area (Å²) in [5.74, 6) is 2.03. The second kappa shape index (κ2) is 6.27. The first-order valence-electron chi connectivity index (χ1n) is 9.32. The topological polar surface area (TPSA) is 57.2 Å². The van der Waals surface area contributed by atoms with Crippen LogP contribution in [-0.4, -0.2) is 32.5 Å². The number of rotatable bonds is 3. The Morgan fingerprint density at radius 3 is 2.89 bits per heavy atom. The quantitative estimate of drug-likeness (QED) is 0.765. The maximum atomic E-state index is 13.1. The molecule has 0 unspecified atom stereocenters. The predicted molar refractivity (Wildman–Crippen MR) is 103 cm³/mol. The first-order valence-corrected chi connectivity index (χ1v) is 9.32. The van der Waals surface area contributed by atoms with Crippen LogP contribution in [0.5, 0.6) is 17.2 Å². The highest BCUT2D eigenvalue weighted by Gasteiger charge is 2.53. The molecule has 6 heteroatoms. The van der Waals surface area contributed by atoms with Crippen molar-refractivity contribution in [2.75, 3.05) is 25.3 Å². The van der Waals surface area contributed by atoms with E-state index in [0.717, 1.165) is 16.8 Å². The Hall–Kier alpha value is -2.99. The number of likely N-dealkylation sites (N-methyl/N-ethyl adjacent to an activating group) is 1. The molecule has 5 rings (SSSR count). The number of anilines is 1. The van der Waals surface area contributed by atoms with E-state index in [2.05, 4.69) is 0 Å². The van der Waals surface area contributed by atoms with Crippen molar-refractivity contribution < 1.29 is 23.7 Å². The van der Waals surface area contributed by atoms with E-state index < -0.39 is 5.60 Å². The highest BCUT2D eigenvalue weighted by molar-refractivity contribution is 6.07. The Morgan fingerprint density at radius 1 is 1.18 bits per heavy atom. The van der Waals surface area contributed by atoms with Crippen molar-refractivity contribution in [1.29, 1.82) is 0 Å². The lowest BCUT2D eigenvalue weighted by Crippen LogP contribution is -2.46. The third-order valence-electron chi connectivity index (χ3n) is 5.46. The standard InChI is InChI=1S/C22H21NO5/c1-14-9-16(12-25-15-7-8-19-20(10-15)27-13-26-19)28-22(11-14)17-5-3-4-6-18(17)23(2)21(22)24/h3-10,16H,11-13H2,1-2H3/t16-,22+/m1/s1. The van der Waals surface area contributed by atoms with E-state index in [0.29, 0.717) is 30.3 Å². The van der Waals surface area contributed by atoms with Crippen molar-refractivity contribution >= 4 is 11.6 Å². The summed E-state index contributed by atoms with van der Waals surface area (Å²) in [5, 5.41) is 0. The zero-order valence-electron chi connectivity index (χ0n) is 15.8. The molecular weight excluding hydrogens is 358 g/mol. The van der Waals surface area contributed by atoms with Crippen molar-refractivity contribution in [1.82, 2.24) is 0 Å². The Kier molecular flexibility index (Phi) is 3.84. The molecule has 2 aromatic rings. The summed E-state index contributed by atoms with van der Waals surface area (Å²) in [6.45, 7) is 2.56. The molecule has 144 valence electrons. The molecule has 0 saturated heterocycles. The van der Waals surface area contributed by atoms with E-state index in [1.165, 1.54) is 0 Å². The highest BCUT2D eigenvalue weighted by Crippen LogP contribution is 2.48. The molecule has 0 aliphatic carbocycles. The van der Waals surface area contributed by atoms with Gasteiger partial charge in [-0.25, -0.2) is 0 Å². The van der Waals surface area contributed by atoms with Gasteiger partial charge in [0.15, 0.2) is 17.1 Å². The minimum absolute atomic E-state index is 0.0331. The lowest BCUT2D eigenvalue weighted by molar-refractivity contribution is -0.153. The maximum absolute atomic E-state index is 13.1. The zero-order valence-corrected chi connectivity index (χ0v) is 15.8. The zero-order chi connectivity index (χ0) is 19.3. The number of para-hydroxylation sites is 1. The number of hydrogen-bond acceptors (Lipinski definition) is 5. The van der Waals surface area contributed by atoms with Crippen molar-refractivity contribution in [3.05, 3.63) is 59.7 Å². The molecule has 2 aromatic carbocycles. The number of fused-ring (bicyclic) bond motifs is 3. The van der Waals surface area contributed by atoms with Crippen LogP contribution in [0.1, 0.15) is 18.9 Å². The molecule has 28 heavy (non-hydrogen) atoms. The first-order chi connectivity index (χ1) is 13.6. The number of ether oxygens (including phenoxy) is 4. The summed E-state index contributed by atoms with van der Waals surface area (Å²) in [5.41, 5.74) is 1.96. The molecule has 0 aromatic heterocycles. The molecule has 1 amide bonds. The summed E-state index contributed by atoms with van der Waals surface area (Å²) in [6.07, 6.45) is 2.25. The van der Waals surface area contributed by atoms with Crippen molar-refractivity contribution in [3.8, 4) is 17.2 Å². The minimum Gasteiger partial charge on any atom is -0.490 e. The predicted octanol–water partition coefficient (Wildman–Crippen LogP) is 3.40. The van der Waals surface area contributed by atoms with Gasteiger partial charge in [-0.15, -0.1) is 0 Å². The lowest BCUT2D eigenvalue weighted by Gasteiger charge is -2.36. The van der Waals surface area contributed by atoms with Crippen LogP contribution in [0.4, 0.5) is 5.69 Å². The fraction of sp³-hybridized carbons (Fsp3) is 0.318. The molecule has 0 bridgehead atoms. The van der Waals surface area contributed by atoms with E-state index in [1.54, 1.807) is 18.0 Å². The molecule has 0 N–H and O–H groups in total. The molecule has 0 saturated carbocycles. The Labute approximate surface area is 163 Å². The van der Waals surface area contributed by atoms with Crippen molar-refractivity contribution in [2.45, 2.75) is 25.0 Å². The van der Waals surface area contributed by atoms with Crippen LogP contribution in [-0.2, 0) is 15.1 Å². The van der Waals surface area contributed by atoms with Gasteiger partial charge >= 0.3 is 0 Å². The minimum atomic E-state index is -0.979. The van der Waals surface area contributed by atoms with Crippen LogP contribution in [0.2, 0.25) is 0 Å². The van der Waals surface area contributed by atoms with E-state index in [4.69, 9.17) is 18.9 Å². The third kappa shape index (κ3) is 2.56. The third-order valence-corrected chi connectivity index (χ3v) is 5.46. The van der Waals surface area contributed by atoms with Gasteiger partial charge in [0.25, 0.3) is 5.91 Å². The summed E-state index contributed by atoms with van der Waals surface area (Å²) >= 11 is 0. The van der Waals surface area contributed by atoms with Gasteiger partial charge in [0.05, 0.1) is 5.69 Å². The van der Waals surface area contributed by atoms with Crippen LogP contribution in [0.25, 0.3) is 0 Å². The molecule has 3 heterocycles. The van der Waals surface area contributed by atoms with Gasteiger partial charge in [0.2, 0.25) is 6.79 Å². The summed E-state index contributed by atoms with van der Waals surface area (Å²) in [6, 6.07) is 13.3. The fourth-order valence-electron chi connectivity index (χ4n) is 4.22. The average molecular weight is 379 g/mol. The number of nitrogens with zero attached hydrogens (tertiary/aromatic N) is 1. The maximum Gasteiger partial charge on any atom is 0.264 e. The summed E-state index contributed by atoms with van der Waals surface area (Å²) < 4.78 is 23.0. The smallest absolute Gasteiger partial charge is 0.264 e. The van der Waals surface area contributed by atoms with Gasteiger partial charge in [-0.1, -0.05) is 29.8 Å². The van der Waals surface area contributed by atoms with Crippen LogP contribution in [0.15, 0.2) is 54.1 Å². The van der Waals surface area contributed by atoms with Gasteiger partial charge in [0.1, 0.15) is 18.5 Å². The summed E-state index contributed by atoms with van der Waals surface area (Å²) in [7, 11) is 1.80. The molecule has 3 aliphatic heterocycles. The van der Waals surface area contributed by atoms with E-state index in [-0.39, 0.29) is 18.8 Å². The average Bonchev–Trinajstić information content (AvgIpc) is 3.24. The molecule has 2 atom stereocenters. The number of benzene rings is 2. The highest BCUT2D eigenvalue weighted by atomic mass is 16.7. The van der Waals surface area contributed by atoms with Crippen LogP contribution in [0, 0.1) is 0 Å². The monoisotopic (exact) mass is 379 g/mol. The van der Waals surface area contributed by atoms with Gasteiger partial charge in [0, 0.05) is 25.1 Å². The molecule has 6 nitrogen and oxygen atoms in total. The van der Waals surface area contributed by atoms with Gasteiger partial charge in [-0.3, -0.25) is 4.79 Å². The summed E-state index contributed by atoms with van der Waals surface area (Å²) in [4.78, 5) is 14.8. The normalized spacial score (nSPS) is 25.1. The van der Waals surface area contributed by atoms with Gasteiger partial charge in [-0.2, -0.15) is 0 Å². The molecular formula is C22H21NO5. The molecule has 3 aliphatic rings. The second-order valence-corrected chi connectivity index (χ2v) is 7.38. The second-order valence-electron chi connectivity index (χ2n) is 7.38. The number of carbonyl (C=O) groups is 1. The molecule has 0 fully saturated rings. The Bertz CT molecular complexity index is 985. The van der Waals surface area contributed by atoms with Gasteiger partial charge < -0.3 is 23.8 Å². The van der Waals surface area contributed by atoms with Crippen LogP contribution in [0.3, 0.4) is 0 Å². The molecule has 1 spiro atoms. The Balaban J connectivity index is 1.39. The lowest BCUT2D eigenvalue weighted by atomic mass is 9.85. The van der Waals surface area contributed by atoms with E-state index in [1.807, 2.05) is 49.4 Å². The van der Waals surface area contributed by atoms with Gasteiger partial charge in [-0.05, 0) is 25.1 Å². The van der Waals surface area contributed by atoms with Crippen molar-refractivity contribution in [2.24, 2.45) is 0 Å². The Morgan fingerprint density at radius 2 is 2.00 bits per heavy atom. The first kappa shape index (κ1) is 17.1.